The Hall–Kier alpha value is -3.67. The summed E-state index contributed by atoms with van der Waals surface area (Å²) >= 11 is 0. The summed E-state index contributed by atoms with van der Waals surface area (Å²) in [5, 5.41) is 7.51. The first kappa shape index (κ1) is 17.7. The summed E-state index contributed by atoms with van der Waals surface area (Å²) in [6.07, 6.45) is 3.54. The summed E-state index contributed by atoms with van der Waals surface area (Å²) in [5.74, 6) is 2.14. The highest BCUT2D eigenvalue weighted by atomic mass is 16.5. The summed E-state index contributed by atoms with van der Waals surface area (Å²) in [7, 11) is 1.67. The molecule has 0 aliphatic carbocycles. The highest BCUT2D eigenvalue weighted by molar-refractivity contribution is 5.90. The van der Waals surface area contributed by atoms with E-state index in [0.29, 0.717) is 12.5 Å². The quantitative estimate of drug-likeness (QED) is 0.512. The zero-order valence-electron chi connectivity index (χ0n) is 15.8. The number of ether oxygens (including phenoxy) is 1. The third-order valence-corrected chi connectivity index (χ3v) is 4.54. The molecule has 6 nitrogen and oxygen atoms in total. The van der Waals surface area contributed by atoms with Crippen LogP contribution in [0.15, 0.2) is 67.0 Å². The predicted molar refractivity (Wildman–Crippen MR) is 112 cm³/mol. The van der Waals surface area contributed by atoms with Crippen LogP contribution in [-0.4, -0.2) is 22.1 Å². The van der Waals surface area contributed by atoms with E-state index in [-0.39, 0.29) is 0 Å². The van der Waals surface area contributed by atoms with Crippen LogP contribution in [0.5, 0.6) is 5.75 Å². The fraction of sp³-hybridized carbons (Fsp3) is 0.136. The van der Waals surface area contributed by atoms with Gasteiger partial charge in [-0.1, -0.05) is 36.4 Å². The van der Waals surface area contributed by atoms with Gasteiger partial charge < -0.3 is 15.4 Å². The van der Waals surface area contributed by atoms with Gasteiger partial charge in [0.15, 0.2) is 0 Å². The summed E-state index contributed by atoms with van der Waals surface area (Å²) in [6, 6.07) is 17.9. The number of nitrogens with one attached hydrogen (secondary N) is 2. The molecule has 6 heteroatoms. The van der Waals surface area contributed by atoms with Crippen molar-refractivity contribution in [2.45, 2.75) is 13.5 Å². The van der Waals surface area contributed by atoms with Crippen molar-refractivity contribution in [2.75, 3.05) is 17.7 Å². The van der Waals surface area contributed by atoms with Gasteiger partial charge in [0.2, 0.25) is 5.95 Å². The molecule has 4 rings (SSSR count). The Balaban J connectivity index is 1.57. The summed E-state index contributed by atoms with van der Waals surface area (Å²) < 4.78 is 5.39. The van der Waals surface area contributed by atoms with Gasteiger partial charge in [0.05, 0.1) is 18.0 Å². The zero-order chi connectivity index (χ0) is 19.3. The summed E-state index contributed by atoms with van der Waals surface area (Å²) in [6.45, 7) is 2.64. The number of methoxy groups -OCH3 is 1. The Labute approximate surface area is 163 Å². The van der Waals surface area contributed by atoms with Crippen LogP contribution in [0.25, 0.3) is 10.9 Å². The number of fused-ring (bicyclic) bond motifs is 1. The van der Waals surface area contributed by atoms with E-state index < -0.39 is 0 Å². The lowest BCUT2D eigenvalue weighted by Gasteiger charge is -2.12. The summed E-state index contributed by atoms with van der Waals surface area (Å²) in [5.41, 5.74) is 4.03. The SMILES string of the molecule is COc1ccccc1CNc1ncc2c(Nc3ccccc3C)nccc2n1. The minimum Gasteiger partial charge on any atom is -0.496 e. The third-order valence-electron chi connectivity index (χ3n) is 4.54. The van der Waals surface area contributed by atoms with E-state index in [1.54, 1.807) is 19.5 Å². The third kappa shape index (κ3) is 3.71. The molecule has 2 N–H and O–H groups in total. The van der Waals surface area contributed by atoms with Gasteiger partial charge in [-0.15, -0.1) is 0 Å². The highest BCUT2D eigenvalue weighted by Crippen LogP contribution is 2.25. The van der Waals surface area contributed by atoms with Crippen molar-refractivity contribution in [1.82, 2.24) is 15.0 Å². The van der Waals surface area contributed by atoms with E-state index in [4.69, 9.17) is 4.74 Å². The van der Waals surface area contributed by atoms with Crippen molar-refractivity contribution in [3.63, 3.8) is 0 Å². The number of rotatable bonds is 6. The second-order valence-electron chi connectivity index (χ2n) is 6.39. The van der Waals surface area contributed by atoms with E-state index in [1.165, 1.54) is 0 Å². The fourth-order valence-electron chi connectivity index (χ4n) is 3.01. The number of pyridine rings is 1. The molecular formula is C22H21N5O. The molecule has 28 heavy (non-hydrogen) atoms. The van der Waals surface area contributed by atoms with E-state index in [2.05, 4.69) is 38.6 Å². The molecule has 2 aromatic heterocycles. The Kier molecular flexibility index (Phi) is 5.01. The minimum atomic E-state index is 0.562. The number of aryl methyl sites for hydroxylation is 1. The molecule has 2 heterocycles. The Morgan fingerprint density at radius 2 is 1.79 bits per heavy atom. The molecule has 0 bridgehead atoms. The molecule has 0 spiro atoms. The average molecular weight is 371 g/mol. The number of para-hydroxylation sites is 2. The molecule has 0 saturated heterocycles. The van der Waals surface area contributed by atoms with E-state index in [9.17, 15) is 0 Å². The number of hydrogen-bond donors (Lipinski definition) is 2. The van der Waals surface area contributed by atoms with Crippen LogP contribution in [0, 0.1) is 6.92 Å². The van der Waals surface area contributed by atoms with E-state index >= 15 is 0 Å². The maximum Gasteiger partial charge on any atom is 0.223 e. The predicted octanol–water partition coefficient (Wildman–Crippen LogP) is 4.70. The van der Waals surface area contributed by atoms with Gasteiger partial charge in [-0.05, 0) is 30.7 Å². The monoisotopic (exact) mass is 371 g/mol. The molecule has 0 fully saturated rings. The normalized spacial score (nSPS) is 10.6. The van der Waals surface area contributed by atoms with Gasteiger partial charge in [-0.3, -0.25) is 0 Å². The zero-order valence-corrected chi connectivity index (χ0v) is 15.8. The van der Waals surface area contributed by atoms with Crippen LogP contribution in [-0.2, 0) is 6.54 Å². The second kappa shape index (κ2) is 7.92. The largest absolute Gasteiger partial charge is 0.496 e. The molecule has 0 amide bonds. The highest BCUT2D eigenvalue weighted by Gasteiger charge is 2.08. The topological polar surface area (TPSA) is 72.0 Å². The second-order valence-corrected chi connectivity index (χ2v) is 6.39. The van der Waals surface area contributed by atoms with Crippen LogP contribution >= 0.6 is 0 Å². The van der Waals surface area contributed by atoms with Crippen molar-refractivity contribution >= 4 is 28.4 Å². The van der Waals surface area contributed by atoms with Crippen LogP contribution in [0.3, 0.4) is 0 Å². The molecule has 0 saturated carbocycles. The lowest BCUT2D eigenvalue weighted by molar-refractivity contribution is 0.410. The van der Waals surface area contributed by atoms with Crippen molar-refractivity contribution in [3.8, 4) is 5.75 Å². The smallest absolute Gasteiger partial charge is 0.223 e. The molecule has 2 aromatic carbocycles. The lowest BCUT2D eigenvalue weighted by Crippen LogP contribution is -2.05. The van der Waals surface area contributed by atoms with Crippen molar-refractivity contribution in [1.29, 1.82) is 0 Å². The number of benzene rings is 2. The van der Waals surface area contributed by atoms with Crippen molar-refractivity contribution in [2.24, 2.45) is 0 Å². The van der Waals surface area contributed by atoms with Gasteiger partial charge in [0, 0.05) is 30.2 Å². The standard InChI is InChI=1S/C22H21N5O/c1-15-7-3-5-9-18(15)26-21-17-14-25-22(27-19(17)11-12-23-21)24-13-16-8-4-6-10-20(16)28-2/h3-12,14H,13H2,1-2H3,(H,23,26)(H,24,25,27). The van der Waals surface area contributed by atoms with E-state index in [0.717, 1.165) is 39.3 Å². The maximum atomic E-state index is 5.39. The van der Waals surface area contributed by atoms with Gasteiger partial charge in [-0.25, -0.2) is 15.0 Å². The van der Waals surface area contributed by atoms with Crippen LogP contribution in [0.4, 0.5) is 17.5 Å². The molecule has 4 aromatic rings. The van der Waals surface area contributed by atoms with E-state index in [1.807, 2.05) is 48.5 Å². The maximum absolute atomic E-state index is 5.39. The van der Waals surface area contributed by atoms with Gasteiger partial charge >= 0.3 is 0 Å². The number of hydrogen-bond acceptors (Lipinski definition) is 6. The molecule has 0 aliphatic rings. The first-order valence-electron chi connectivity index (χ1n) is 9.05. The summed E-state index contributed by atoms with van der Waals surface area (Å²) in [4.78, 5) is 13.5. The van der Waals surface area contributed by atoms with Crippen LogP contribution < -0.4 is 15.4 Å². The number of anilines is 3. The van der Waals surface area contributed by atoms with Crippen molar-refractivity contribution < 1.29 is 4.74 Å². The van der Waals surface area contributed by atoms with Gasteiger partial charge in [0.25, 0.3) is 0 Å². The Bertz CT molecular complexity index is 1110. The fourth-order valence-corrected chi connectivity index (χ4v) is 3.01. The Morgan fingerprint density at radius 3 is 2.64 bits per heavy atom. The van der Waals surface area contributed by atoms with Gasteiger partial charge in [-0.2, -0.15) is 0 Å². The molecule has 0 radical (unpaired) electrons. The number of aromatic nitrogens is 3. The van der Waals surface area contributed by atoms with Crippen molar-refractivity contribution in [3.05, 3.63) is 78.1 Å². The lowest BCUT2D eigenvalue weighted by atomic mass is 10.2. The molecule has 0 unspecified atom stereocenters. The number of nitrogens with zero attached hydrogens (tertiary/aromatic N) is 3. The van der Waals surface area contributed by atoms with Gasteiger partial charge in [0.1, 0.15) is 11.6 Å². The average Bonchev–Trinajstić information content (AvgIpc) is 2.74. The molecule has 0 atom stereocenters. The first-order valence-corrected chi connectivity index (χ1v) is 9.05. The molecule has 0 aliphatic heterocycles. The Morgan fingerprint density at radius 1 is 0.964 bits per heavy atom. The minimum absolute atomic E-state index is 0.562. The van der Waals surface area contributed by atoms with Crippen LogP contribution in [0.2, 0.25) is 0 Å². The first-order chi connectivity index (χ1) is 13.7. The molecule has 140 valence electrons. The molecular weight excluding hydrogens is 350 g/mol. The van der Waals surface area contributed by atoms with Crippen LogP contribution in [0.1, 0.15) is 11.1 Å².